The number of rotatable bonds is 3. The summed E-state index contributed by atoms with van der Waals surface area (Å²) in [5.41, 5.74) is 4.46. The van der Waals surface area contributed by atoms with Crippen LogP contribution in [0, 0.1) is 0 Å². The van der Waals surface area contributed by atoms with Gasteiger partial charge >= 0.3 is 0 Å². The second-order valence-corrected chi connectivity index (χ2v) is 8.18. The number of nitrogens with zero attached hydrogens (tertiary/aromatic N) is 4. The summed E-state index contributed by atoms with van der Waals surface area (Å²) < 4.78 is 2.03. The van der Waals surface area contributed by atoms with Gasteiger partial charge in [0.25, 0.3) is 5.56 Å². The van der Waals surface area contributed by atoms with Gasteiger partial charge in [0, 0.05) is 71.1 Å². The first kappa shape index (κ1) is 18.1. The predicted molar refractivity (Wildman–Crippen MR) is 118 cm³/mol. The van der Waals surface area contributed by atoms with Gasteiger partial charge < -0.3 is 19.4 Å². The van der Waals surface area contributed by atoms with Crippen molar-refractivity contribution >= 4 is 21.8 Å². The van der Waals surface area contributed by atoms with Crippen molar-refractivity contribution in [3.63, 3.8) is 0 Å². The summed E-state index contributed by atoms with van der Waals surface area (Å²) in [6.07, 6.45) is 8.64. The Hall–Kier alpha value is -2.99. The highest BCUT2D eigenvalue weighted by atomic mass is 16.1. The highest BCUT2D eigenvalue weighted by Gasteiger charge is 2.19. The van der Waals surface area contributed by atoms with Crippen molar-refractivity contribution < 1.29 is 0 Å². The number of H-pyrrole nitrogens is 1. The SMILES string of the molecule is CN1C=C(N2CCN(Cc3ccc4c(c3)[nH]c(=O)c3ccn(C)c34)CC2)C=CC1. The zero-order valence-electron chi connectivity index (χ0n) is 17.1. The predicted octanol–water partition coefficient (Wildman–Crippen LogP) is 2.48. The number of aromatic amines is 1. The van der Waals surface area contributed by atoms with E-state index >= 15 is 0 Å². The Kier molecular flexibility index (Phi) is 4.43. The molecule has 0 radical (unpaired) electrons. The minimum absolute atomic E-state index is 0.0161. The molecular weight excluding hydrogens is 362 g/mol. The molecule has 0 atom stereocenters. The van der Waals surface area contributed by atoms with Crippen LogP contribution >= 0.6 is 0 Å². The molecule has 0 saturated carbocycles. The van der Waals surface area contributed by atoms with E-state index < -0.39 is 0 Å². The molecule has 0 aliphatic carbocycles. The smallest absolute Gasteiger partial charge is 0.257 e. The van der Waals surface area contributed by atoms with Gasteiger partial charge in [0.2, 0.25) is 0 Å². The lowest BCUT2D eigenvalue weighted by Gasteiger charge is -2.37. The molecule has 150 valence electrons. The van der Waals surface area contributed by atoms with Crippen molar-refractivity contribution in [3.05, 3.63) is 70.4 Å². The van der Waals surface area contributed by atoms with E-state index in [1.807, 2.05) is 23.9 Å². The largest absolute Gasteiger partial charge is 0.375 e. The van der Waals surface area contributed by atoms with Crippen LogP contribution in [0.5, 0.6) is 0 Å². The average Bonchev–Trinajstić information content (AvgIpc) is 3.11. The molecule has 6 nitrogen and oxygen atoms in total. The van der Waals surface area contributed by atoms with E-state index in [1.54, 1.807) is 0 Å². The highest BCUT2D eigenvalue weighted by Crippen LogP contribution is 2.23. The summed E-state index contributed by atoms with van der Waals surface area (Å²) in [6.45, 7) is 6.06. The number of pyridine rings is 1. The average molecular weight is 390 g/mol. The Morgan fingerprint density at radius 3 is 2.66 bits per heavy atom. The molecule has 1 aromatic carbocycles. The second kappa shape index (κ2) is 7.12. The van der Waals surface area contributed by atoms with E-state index in [0.29, 0.717) is 0 Å². The molecule has 1 N–H and O–H groups in total. The molecule has 5 rings (SSSR count). The maximum Gasteiger partial charge on any atom is 0.257 e. The molecule has 0 unspecified atom stereocenters. The Balaban J connectivity index is 1.32. The summed E-state index contributed by atoms with van der Waals surface area (Å²) in [7, 11) is 4.11. The first-order chi connectivity index (χ1) is 14.1. The lowest BCUT2D eigenvalue weighted by molar-refractivity contribution is 0.154. The number of aromatic nitrogens is 2. The zero-order chi connectivity index (χ0) is 20.0. The third kappa shape index (κ3) is 3.34. The number of aryl methyl sites for hydroxylation is 1. The van der Waals surface area contributed by atoms with Crippen molar-refractivity contribution in [2.24, 2.45) is 7.05 Å². The molecule has 2 aliphatic heterocycles. The van der Waals surface area contributed by atoms with Crippen LogP contribution < -0.4 is 5.56 Å². The number of likely N-dealkylation sites (N-methyl/N-ethyl adjacent to an activating group) is 1. The summed E-state index contributed by atoms with van der Waals surface area (Å²) in [6, 6.07) is 8.36. The maximum absolute atomic E-state index is 12.4. The minimum atomic E-state index is -0.0161. The Morgan fingerprint density at radius 1 is 1.03 bits per heavy atom. The third-order valence-corrected chi connectivity index (χ3v) is 6.08. The molecule has 2 aromatic heterocycles. The van der Waals surface area contributed by atoms with Gasteiger partial charge in [-0.2, -0.15) is 0 Å². The van der Waals surface area contributed by atoms with Crippen molar-refractivity contribution in [1.29, 1.82) is 0 Å². The Bertz CT molecular complexity index is 1180. The third-order valence-electron chi connectivity index (χ3n) is 6.08. The molecule has 1 saturated heterocycles. The number of allylic oxidation sites excluding steroid dienone is 1. The van der Waals surface area contributed by atoms with Crippen LogP contribution in [0.4, 0.5) is 0 Å². The number of hydrogen-bond donors (Lipinski definition) is 1. The van der Waals surface area contributed by atoms with Gasteiger partial charge in [-0.15, -0.1) is 0 Å². The van der Waals surface area contributed by atoms with E-state index in [2.05, 4.69) is 63.3 Å². The monoisotopic (exact) mass is 389 g/mol. The summed E-state index contributed by atoms with van der Waals surface area (Å²) in [5.74, 6) is 0. The minimum Gasteiger partial charge on any atom is -0.375 e. The molecule has 4 heterocycles. The molecule has 3 aromatic rings. The van der Waals surface area contributed by atoms with E-state index in [1.165, 1.54) is 11.3 Å². The normalized spacial score (nSPS) is 18.1. The lowest BCUT2D eigenvalue weighted by Crippen LogP contribution is -2.45. The van der Waals surface area contributed by atoms with Gasteiger partial charge in [0.1, 0.15) is 0 Å². The summed E-state index contributed by atoms with van der Waals surface area (Å²) in [4.78, 5) is 22.7. The van der Waals surface area contributed by atoms with Crippen LogP contribution in [0.3, 0.4) is 0 Å². The Morgan fingerprint density at radius 2 is 1.86 bits per heavy atom. The fourth-order valence-electron chi connectivity index (χ4n) is 4.51. The van der Waals surface area contributed by atoms with Crippen LogP contribution in [-0.2, 0) is 13.6 Å². The number of fused-ring (bicyclic) bond motifs is 3. The van der Waals surface area contributed by atoms with Crippen LogP contribution in [-0.4, -0.2) is 64.0 Å². The molecule has 29 heavy (non-hydrogen) atoms. The van der Waals surface area contributed by atoms with Crippen LogP contribution in [0.1, 0.15) is 5.56 Å². The number of hydrogen-bond acceptors (Lipinski definition) is 4. The Labute approximate surface area is 170 Å². The molecule has 0 bridgehead atoms. The van der Waals surface area contributed by atoms with E-state index in [9.17, 15) is 4.79 Å². The fourth-order valence-corrected chi connectivity index (χ4v) is 4.51. The number of benzene rings is 1. The van der Waals surface area contributed by atoms with Gasteiger partial charge in [0.05, 0.1) is 22.1 Å². The number of piperazine rings is 1. The second-order valence-electron chi connectivity index (χ2n) is 8.18. The highest BCUT2D eigenvalue weighted by molar-refractivity contribution is 6.03. The maximum atomic E-state index is 12.4. The standard InChI is InChI=1S/C23H27N5O/c1-25-8-3-4-18(16-25)28-12-10-27(11-13-28)15-17-5-6-19-21(14-17)24-23(29)20-7-9-26(2)22(19)20/h3-7,9,14,16H,8,10-13,15H2,1-2H3,(H,24,29). The van der Waals surface area contributed by atoms with E-state index in [4.69, 9.17) is 0 Å². The quantitative estimate of drug-likeness (QED) is 0.748. The molecular formula is C23H27N5O. The van der Waals surface area contributed by atoms with E-state index in [0.717, 1.165) is 61.1 Å². The molecule has 6 heteroatoms. The van der Waals surface area contributed by atoms with Crippen molar-refractivity contribution in [1.82, 2.24) is 24.3 Å². The fraction of sp³-hybridized carbons (Fsp3) is 0.348. The van der Waals surface area contributed by atoms with Crippen LogP contribution in [0.25, 0.3) is 21.8 Å². The van der Waals surface area contributed by atoms with Crippen molar-refractivity contribution in [2.75, 3.05) is 39.8 Å². The molecule has 0 amide bonds. The number of nitrogens with one attached hydrogen (secondary N) is 1. The topological polar surface area (TPSA) is 47.5 Å². The van der Waals surface area contributed by atoms with Gasteiger partial charge in [-0.05, 0) is 23.8 Å². The molecule has 1 fully saturated rings. The first-order valence-corrected chi connectivity index (χ1v) is 10.2. The summed E-state index contributed by atoms with van der Waals surface area (Å²) in [5, 5.41) is 1.85. The van der Waals surface area contributed by atoms with Gasteiger partial charge in [0.15, 0.2) is 0 Å². The summed E-state index contributed by atoms with van der Waals surface area (Å²) >= 11 is 0. The molecule has 0 spiro atoms. The lowest BCUT2D eigenvalue weighted by atomic mass is 10.1. The van der Waals surface area contributed by atoms with Gasteiger partial charge in [-0.1, -0.05) is 18.2 Å². The first-order valence-electron chi connectivity index (χ1n) is 10.2. The van der Waals surface area contributed by atoms with Crippen molar-refractivity contribution in [3.8, 4) is 0 Å². The zero-order valence-corrected chi connectivity index (χ0v) is 17.1. The van der Waals surface area contributed by atoms with Crippen molar-refractivity contribution in [2.45, 2.75) is 6.54 Å². The molecule has 2 aliphatic rings. The van der Waals surface area contributed by atoms with Gasteiger partial charge in [-0.3, -0.25) is 9.69 Å². The van der Waals surface area contributed by atoms with Crippen LogP contribution in [0.2, 0.25) is 0 Å². The van der Waals surface area contributed by atoms with E-state index in [-0.39, 0.29) is 5.56 Å². The van der Waals surface area contributed by atoms with Gasteiger partial charge in [-0.25, -0.2) is 0 Å². The van der Waals surface area contributed by atoms with Crippen LogP contribution in [0.15, 0.2) is 59.3 Å².